The average Bonchev–Trinajstić information content (AvgIpc) is 3.20. The molecule has 1 saturated heterocycles. The Bertz CT molecular complexity index is 1180. The largest absolute Gasteiger partial charge is 0.543 e. The second-order valence-corrected chi connectivity index (χ2v) is 8.78. The molecule has 2 atom stereocenters. The van der Waals surface area contributed by atoms with E-state index in [9.17, 15) is 19.5 Å². The number of pyridine rings is 1. The van der Waals surface area contributed by atoms with Gasteiger partial charge in [-0.2, -0.15) is 4.57 Å². The number of carboxylic acid groups (broad SMARTS) is 1. The molecular formula is C19H18N6O5S2. The molecule has 2 aromatic rings. The quantitative estimate of drug-likeness (QED) is 0.226. The van der Waals surface area contributed by atoms with E-state index in [2.05, 4.69) is 15.5 Å². The van der Waals surface area contributed by atoms with E-state index in [1.165, 1.54) is 23.8 Å². The molecule has 2 unspecified atom stereocenters. The van der Waals surface area contributed by atoms with Crippen molar-refractivity contribution in [1.82, 2.24) is 15.2 Å². The minimum atomic E-state index is -1.47. The molecule has 166 valence electrons. The van der Waals surface area contributed by atoms with E-state index < -0.39 is 29.9 Å². The molecule has 0 radical (unpaired) electrons. The summed E-state index contributed by atoms with van der Waals surface area (Å²) in [5.74, 6) is -2.32. The van der Waals surface area contributed by atoms with Gasteiger partial charge in [0.25, 0.3) is 16.8 Å². The molecule has 2 aliphatic heterocycles. The Morgan fingerprint density at radius 3 is 2.84 bits per heavy atom. The maximum atomic E-state index is 12.9. The van der Waals surface area contributed by atoms with Crippen molar-refractivity contribution in [2.45, 2.75) is 19.0 Å². The normalized spacial score (nSPS) is 20.5. The number of aromatic nitrogens is 2. The molecule has 2 aromatic heterocycles. The fraction of sp³-hybridized carbons (Fsp3) is 0.263. The number of hydrogen-bond acceptors (Lipinski definition) is 10. The first-order chi connectivity index (χ1) is 15.3. The number of fused-ring (bicyclic) bond motifs is 1. The molecule has 4 rings (SSSR count). The number of rotatable bonds is 6. The predicted octanol–water partition coefficient (Wildman–Crippen LogP) is -1.31. The molecule has 3 N–H and O–H groups in total. The van der Waals surface area contributed by atoms with E-state index in [0.29, 0.717) is 10.8 Å². The van der Waals surface area contributed by atoms with Crippen LogP contribution in [0.5, 0.6) is 0 Å². The molecule has 0 bridgehead atoms. The number of carbonyl (C=O) groups is 3. The van der Waals surface area contributed by atoms with Crippen LogP contribution in [0.25, 0.3) is 5.03 Å². The zero-order chi connectivity index (χ0) is 23.0. The summed E-state index contributed by atoms with van der Waals surface area (Å²) in [6.45, 7) is 1.83. The zero-order valence-corrected chi connectivity index (χ0v) is 18.6. The molecule has 1 fully saturated rings. The number of nitrogens with one attached hydrogen (secondary N) is 1. The summed E-state index contributed by atoms with van der Waals surface area (Å²) in [6, 6.07) is 3.95. The van der Waals surface area contributed by atoms with Gasteiger partial charge >= 0.3 is 0 Å². The topological polar surface area (TPSA) is 154 Å². The summed E-state index contributed by atoms with van der Waals surface area (Å²) in [4.78, 5) is 47.6. The summed E-state index contributed by atoms with van der Waals surface area (Å²) in [6.07, 6.45) is 1.72. The van der Waals surface area contributed by atoms with Crippen molar-refractivity contribution < 1.29 is 28.9 Å². The number of thiazole rings is 1. The first-order valence-electron chi connectivity index (χ1n) is 9.36. The van der Waals surface area contributed by atoms with Crippen molar-refractivity contribution in [1.29, 1.82) is 0 Å². The lowest BCUT2D eigenvalue weighted by Gasteiger charge is -2.49. The van der Waals surface area contributed by atoms with Crippen LogP contribution >= 0.6 is 23.1 Å². The van der Waals surface area contributed by atoms with E-state index >= 15 is 0 Å². The first-order valence-corrected chi connectivity index (χ1v) is 11.2. The van der Waals surface area contributed by atoms with Gasteiger partial charge < -0.3 is 25.8 Å². The number of thioether (sulfide) groups is 1. The Morgan fingerprint density at radius 2 is 2.22 bits per heavy atom. The Balaban J connectivity index is 1.59. The minimum Gasteiger partial charge on any atom is -0.543 e. The number of nitrogen functional groups attached to an aromatic ring is 1. The number of carbonyl (C=O) groups excluding carboxylic acids is 3. The van der Waals surface area contributed by atoms with Crippen LogP contribution in [0.15, 0.2) is 40.6 Å². The van der Waals surface area contributed by atoms with Gasteiger partial charge in [-0.1, -0.05) is 23.0 Å². The van der Waals surface area contributed by atoms with Crippen molar-refractivity contribution in [3.8, 4) is 0 Å². The minimum absolute atomic E-state index is 0.137. The standard InChI is InChI=1S/C19H18N6O5S2/c1-9-5-3-4-6-24(9)17-14(18(28)29)25-11(8-31-17)13(16(25)27)22-15(26)12(23-30-2)10-7-32-19(20)21-10/h3-7,11,13H,8H2,1-2H3,(H3-,20,21,22,26,28,29). The lowest BCUT2D eigenvalue weighted by molar-refractivity contribution is -0.581. The highest BCUT2D eigenvalue weighted by molar-refractivity contribution is 8.07. The molecule has 0 aromatic carbocycles. The van der Waals surface area contributed by atoms with Gasteiger partial charge in [-0.15, -0.1) is 11.3 Å². The lowest BCUT2D eigenvalue weighted by Crippen LogP contribution is -2.74. The van der Waals surface area contributed by atoms with Crippen LogP contribution in [0.4, 0.5) is 5.13 Å². The Kier molecular flexibility index (Phi) is 5.84. The van der Waals surface area contributed by atoms with E-state index in [1.807, 2.05) is 19.1 Å². The number of aryl methyl sites for hydroxylation is 1. The van der Waals surface area contributed by atoms with E-state index in [-0.39, 0.29) is 22.2 Å². The van der Waals surface area contributed by atoms with Crippen LogP contribution in [0.3, 0.4) is 0 Å². The third-order valence-corrected chi connectivity index (χ3v) is 6.82. The summed E-state index contributed by atoms with van der Waals surface area (Å²) < 4.78 is 1.70. The van der Waals surface area contributed by atoms with Crippen LogP contribution < -0.4 is 20.7 Å². The summed E-state index contributed by atoms with van der Waals surface area (Å²) in [7, 11) is 1.28. The number of hydrogen-bond donors (Lipinski definition) is 2. The zero-order valence-electron chi connectivity index (χ0n) is 17.0. The Morgan fingerprint density at radius 1 is 1.44 bits per heavy atom. The van der Waals surface area contributed by atoms with Gasteiger partial charge in [0, 0.05) is 30.2 Å². The molecule has 32 heavy (non-hydrogen) atoms. The van der Waals surface area contributed by atoms with Gasteiger partial charge in [-0.3, -0.25) is 14.5 Å². The lowest BCUT2D eigenvalue weighted by atomic mass is 9.94. The number of amides is 2. The van der Waals surface area contributed by atoms with Crippen molar-refractivity contribution in [2.75, 3.05) is 18.6 Å². The molecular weight excluding hydrogens is 456 g/mol. The van der Waals surface area contributed by atoms with Crippen LogP contribution in [0, 0.1) is 6.92 Å². The molecule has 0 spiro atoms. The number of anilines is 1. The number of nitrogens with zero attached hydrogens (tertiary/aromatic N) is 4. The first kappa shape index (κ1) is 21.8. The fourth-order valence-electron chi connectivity index (χ4n) is 3.51. The average molecular weight is 475 g/mol. The van der Waals surface area contributed by atoms with Crippen LogP contribution in [0.2, 0.25) is 0 Å². The second-order valence-electron chi connectivity index (χ2n) is 6.88. The van der Waals surface area contributed by atoms with Gasteiger partial charge in [-0.25, -0.2) is 4.98 Å². The third kappa shape index (κ3) is 3.69. The number of nitrogens with two attached hydrogens (primary N) is 1. The van der Waals surface area contributed by atoms with Crippen molar-refractivity contribution in [3.63, 3.8) is 0 Å². The highest BCUT2D eigenvalue weighted by Gasteiger charge is 2.54. The van der Waals surface area contributed by atoms with Gasteiger partial charge in [-0.05, 0) is 0 Å². The highest BCUT2D eigenvalue weighted by atomic mass is 32.2. The van der Waals surface area contributed by atoms with E-state index in [4.69, 9.17) is 10.6 Å². The number of oxime groups is 1. The molecule has 2 aliphatic rings. The van der Waals surface area contributed by atoms with E-state index in [1.54, 1.807) is 22.2 Å². The summed E-state index contributed by atoms with van der Waals surface area (Å²) in [5, 5.41) is 20.4. The van der Waals surface area contributed by atoms with Crippen molar-refractivity contribution in [2.24, 2.45) is 5.16 Å². The SMILES string of the molecule is CON=C(C(=O)NC1C(=O)N2C(C(=O)[O-])=C([n+]3ccccc3C)SCC12)c1csc(N)n1. The maximum Gasteiger partial charge on any atom is 0.276 e. The van der Waals surface area contributed by atoms with Gasteiger partial charge in [0.05, 0.1) is 12.0 Å². The van der Waals surface area contributed by atoms with Crippen molar-refractivity contribution in [3.05, 3.63) is 46.9 Å². The summed E-state index contributed by atoms with van der Waals surface area (Å²) >= 11 is 2.40. The Hall–Kier alpha value is -3.45. The third-order valence-electron chi connectivity index (χ3n) is 4.98. The summed E-state index contributed by atoms with van der Waals surface area (Å²) in [5.41, 5.74) is 6.27. The fourth-order valence-corrected chi connectivity index (χ4v) is 5.39. The molecule has 0 aliphatic carbocycles. The van der Waals surface area contributed by atoms with Crippen LogP contribution in [-0.2, 0) is 19.2 Å². The monoisotopic (exact) mass is 474 g/mol. The molecule has 11 nitrogen and oxygen atoms in total. The van der Waals surface area contributed by atoms with E-state index in [0.717, 1.165) is 17.0 Å². The van der Waals surface area contributed by atoms with Gasteiger partial charge in [0.15, 0.2) is 22.7 Å². The van der Waals surface area contributed by atoms with Crippen LogP contribution in [0.1, 0.15) is 11.4 Å². The molecule has 4 heterocycles. The number of β-lactam (4-membered cyclic amide) rings is 1. The number of aliphatic carboxylic acids is 1. The maximum absolute atomic E-state index is 12.9. The van der Waals surface area contributed by atoms with Crippen molar-refractivity contribution >= 4 is 56.8 Å². The highest BCUT2D eigenvalue weighted by Crippen LogP contribution is 2.39. The smallest absolute Gasteiger partial charge is 0.276 e. The molecule has 2 amide bonds. The second kappa shape index (κ2) is 8.59. The molecule has 13 heteroatoms. The van der Waals surface area contributed by atoms with Gasteiger partial charge in [0.2, 0.25) is 0 Å². The van der Waals surface area contributed by atoms with Crippen LogP contribution in [-0.4, -0.2) is 58.3 Å². The Labute approximate surface area is 190 Å². The number of carboxylic acids is 1. The predicted molar refractivity (Wildman–Crippen MR) is 115 cm³/mol. The van der Waals surface area contributed by atoms with Gasteiger partial charge in [0.1, 0.15) is 24.5 Å². The molecule has 0 saturated carbocycles.